The summed E-state index contributed by atoms with van der Waals surface area (Å²) in [5.74, 6) is 1.26. The number of primary sulfonamides is 1. The van der Waals surface area contributed by atoms with Gasteiger partial charge in [0.05, 0.1) is 17.5 Å². The van der Waals surface area contributed by atoms with Crippen LogP contribution >= 0.6 is 24.0 Å². The Morgan fingerprint density at radius 1 is 1.19 bits per heavy atom. The van der Waals surface area contributed by atoms with E-state index in [9.17, 15) is 8.42 Å². The van der Waals surface area contributed by atoms with Gasteiger partial charge in [0.25, 0.3) is 0 Å². The summed E-state index contributed by atoms with van der Waals surface area (Å²) in [6.07, 6.45) is 1.47. The maximum atomic E-state index is 11.2. The summed E-state index contributed by atoms with van der Waals surface area (Å²) in [4.78, 5) is 4.46. The van der Waals surface area contributed by atoms with Crippen molar-refractivity contribution in [1.82, 2.24) is 5.32 Å². The summed E-state index contributed by atoms with van der Waals surface area (Å²) in [7, 11) is -3.66. The summed E-state index contributed by atoms with van der Waals surface area (Å²) in [5, 5.41) is 8.33. The van der Waals surface area contributed by atoms with Gasteiger partial charge in [0.1, 0.15) is 5.75 Å². The molecule has 0 bridgehead atoms. The van der Waals surface area contributed by atoms with Crippen molar-refractivity contribution >= 4 is 40.0 Å². The highest BCUT2D eigenvalue weighted by Crippen LogP contribution is 2.31. The number of rotatable bonds is 5. The number of hydrogen-bond donors (Lipinski definition) is 3. The fourth-order valence-corrected chi connectivity index (χ4v) is 3.38. The molecule has 7 nitrogen and oxygen atoms in total. The molecule has 0 saturated heterocycles. The van der Waals surface area contributed by atoms with Crippen LogP contribution in [0.25, 0.3) is 0 Å². The van der Waals surface area contributed by atoms with Crippen LogP contribution in [0.4, 0.5) is 0 Å². The zero-order valence-corrected chi connectivity index (χ0v) is 17.8. The quantitative estimate of drug-likeness (QED) is 0.328. The molecule has 9 heteroatoms. The number of hydrogen-bond acceptors (Lipinski definition) is 4. The Morgan fingerprint density at radius 3 is 2.59 bits per heavy atom. The maximum absolute atomic E-state index is 11.2. The third-order valence-electron chi connectivity index (χ3n) is 4.22. The molecule has 0 aromatic heterocycles. The Bertz CT molecular complexity index is 901. The molecular formula is C18H23IN4O3S. The van der Waals surface area contributed by atoms with E-state index in [1.807, 2.05) is 24.3 Å². The first-order valence-corrected chi connectivity index (χ1v) is 9.88. The van der Waals surface area contributed by atoms with E-state index in [1.54, 1.807) is 12.1 Å². The number of aliphatic imine (C=N–C) groups is 1. The molecule has 0 spiro atoms. The van der Waals surface area contributed by atoms with Crippen LogP contribution in [0, 0.1) is 0 Å². The number of para-hydroxylation sites is 1. The number of fused-ring (bicyclic) bond motifs is 1. The second-order valence-corrected chi connectivity index (χ2v) is 7.64. The van der Waals surface area contributed by atoms with Crippen molar-refractivity contribution in [3.05, 3.63) is 59.7 Å². The number of sulfonamides is 1. The maximum Gasteiger partial charge on any atom is 0.238 e. The SMILES string of the molecule is I.NC(=NCCc1ccc(S(N)(=O)=O)cc1)NC1CCOc2ccccc21. The monoisotopic (exact) mass is 502 g/mol. The van der Waals surface area contributed by atoms with Crippen LogP contribution in [0.1, 0.15) is 23.6 Å². The highest BCUT2D eigenvalue weighted by Gasteiger charge is 2.21. The molecule has 0 radical (unpaired) electrons. The molecule has 27 heavy (non-hydrogen) atoms. The molecular weight excluding hydrogens is 479 g/mol. The predicted molar refractivity (Wildman–Crippen MR) is 116 cm³/mol. The Labute approximate surface area is 176 Å². The lowest BCUT2D eigenvalue weighted by Gasteiger charge is -2.26. The second kappa shape index (κ2) is 9.38. The van der Waals surface area contributed by atoms with Gasteiger partial charge < -0.3 is 15.8 Å². The summed E-state index contributed by atoms with van der Waals surface area (Å²) < 4.78 is 28.1. The molecule has 0 amide bonds. The first-order chi connectivity index (χ1) is 12.4. The molecule has 0 fully saturated rings. The molecule has 1 unspecified atom stereocenters. The summed E-state index contributed by atoms with van der Waals surface area (Å²) in [6, 6.07) is 14.4. The van der Waals surface area contributed by atoms with Crippen LogP contribution in [0.15, 0.2) is 58.4 Å². The summed E-state index contributed by atoms with van der Waals surface area (Å²) in [6.45, 7) is 1.14. The highest BCUT2D eigenvalue weighted by atomic mass is 127. The third-order valence-corrected chi connectivity index (χ3v) is 5.14. The average Bonchev–Trinajstić information content (AvgIpc) is 2.62. The van der Waals surface area contributed by atoms with Gasteiger partial charge in [0, 0.05) is 18.5 Å². The third kappa shape index (κ3) is 5.81. The minimum Gasteiger partial charge on any atom is -0.493 e. The second-order valence-electron chi connectivity index (χ2n) is 6.08. The topological polar surface area (TPSA) is 120 Å². The standard InChI is InChI=1S/C18H22N4O3S.HI/c19-18(22-16-10-12-25-17-4-2-1-3-15(16)17)21-11-9-13-5-7-14(8-6-13)26(20,23)24;/h1-8,16H,9-12H2,(H3,19,21,22)(H2,20,23,24);1H. The Balaban J connectivity index is 0.00000261. The molecule has 3 rings (SSSR count). The van der Waals surface area contributed by atoms with Gasteiger partial charge in [-0.1, -0.05) is 30.3 Å². The van der Waals surface area contributed by atoms with Crippen molar-refractivity contribution in [2.75, 3.05) is 13.2 Å². The molecule has 0 aliphatic carbocycles. The normalized spacial score (nSPS) is 16.6. The summed E-state index contributed by atoms with van der Waals surface area (Å²) >= 11 is 0. The first-order valence-electron chi connectivity index (χ1n) is 8.33. The zero-order valence-electron chi connectivity index (χ0n) is 14.7. The molecule has 1 aliphatic rings. The fourth-order valence-electron chi connectivity index (χ4n) is 2.87. The van der Waals surface area contributed by atoms with E-state index in [4.69, 9.17) is 15.6 Å². The Kier molecular flexibility index (Phi) is 7.45. The molecule has 2 aromatic carbocycles. The molecule has 1 aliphatic heterocycles. The number of halogens is 1. The van der Waals surface area contributed by atoms with Gasteiger partial charge in [-0.3, -0.25) is 4.99 Å². The van der Waals surface area contributed by atoms with E-state index >= 15 is 0 Å². The lowest BCUT2D eigenvalue weighted by molar-refractivity contribution is 0.262. The van der Waals surface area contributed by atoms with E-state index < -0.39 is 10.0 Å². The number of ether oxygens (including phenoxy) is 1. The van der Waals surface area contributed by atoms with E-state index in [-0.39, 0.29) is 34.9 Å². The largest absolute Gasteiger partial charge is 0.493 e. The van der Waals surface area contributed by atoms with Crippen LogP contribution in [0.2, 0.25) is 0 Å². The molecule has 5 N–H and O–H groups in total. The average molecular weight is 502 g/mol. The number of guanidine groups is 1. The lowest BCUT2D eigenvalue weighted by atomic mass is 10.0. The van der Waals surface area contributed by atoms with Crippen LogP contribution < -0.4 is 20.9 Å². The van der Waals surface area contributed by atoms with Gasteiger partial charge in [-0.15, -0.1) is 24.0 Å². The Morgan fingerprint density at radius 2 is 1.89 bits per heavy atom. The van der Waals surface area contributed by atoms with Gasteiger partial charge in [-0.25, -0.2) is 13.6 Å². The zero-order chi connectivity index (χ0) is 18.6. The van der Waals surface area contributed by atoms with E-state index in [0.29, 0.717) is 25.5 Å². The Hall–Kier alpha value is -1.85. The molecule has 146 valence electrons. The molecule has 1 atom stereocenters. The van der Waals surface area contributed by atoms with Crippen molar-refractivity contribution in [2.45, 2.75) is 23.8 Å². The van der Waals surface area contributed by atoms with Gasteiger partial charge >= 0.3 is 0 Å². The van der Waals surface area contributed by atoms with Crippen molar-refractivity contribution < 1.29 is 13.2 Å². The number of benzene rings is 2. The number of nitrogens with zero attached hydrogens (tertiary/aromatic N) is 1. The van der Waals surface area contributed by atoms with Crippen molar-refractivity contribution in [2.24, 2.45) is 15.9 Å². The van der Waals surface area contributed by atoms with Crippen molar-refractivity contribution in [3.8, 4) is 5.75 Å². The van der Waals surface area contributed by atoms with Crippen LogP contribution in [0.5, 0.6) is 5.75 Å². The smallest absolute Gasteiger partial charge is 0.238 e. The van der Waals surface area contributed by atoms with Crippen molar-refractivity contribution in [3.63, 3.8) is 0 Å². The van der Waals surface area contributed by atoms with Gasteiger partial charge in [-0.2, -0.15) is 0 Å². The van der Waals surface area contributed by atoms with E-state index in [0.717, 1.165) is 23.3 Å². The highest BCUT2D eigenvalue weighted by molar-refractivity contribution is 14.0. The molecule has 1 heterocycles. The van der Waals surface area contributed by atoms with Crippen LogP contribution in [-0.4, -0.2) is 27.5 Å². The minimum absolute atomic E-state index is 0. The summed E-state index contributed by atoms with van der Waals surface area (Å²) in [5.41, 5.74) is 8.05. The molecule has 0 saturated carbocycles. The first kappa shape index (κ1) is 21.5. The number of nitrogens with two attached hydrogens (primary N) is 2. The predicted octanol–water partition coefficient (Wildman–Crippen LogP) is 1.92. The number of nitrogens with one attached hydrogen (secondary N) is 1. The van der Waals surface area contributed by atoms with Crippen LogP contribution in [-0.2, 0) is 16.4 Å². The van der Waals surface area contributed by atoms with E-state index in [1.165, 1.54) is 12.1 Å². The van der Waals surface area contributed by atoms with E-state index in [2.05, 4.69) is 10.3 Å². The molecule has 2 aromatic rings. The lowest BCUT2D eigenvalue weighted by Crippen LogP contribution is -2.37. The fraction of sp³-hybridized carbons (Fsp3) is 0.278. The van der Waals surface area contributed by atoms with Crippen molar-refractivity contribution in [1.29, 1.82) is 0 Å². The van der Waals surface area contributed by atoms with Gasteiger partial charge in [-0.05, 0) is 30.2 Å². The van der Waals surface area contributed by atoms with Gasteiger partial charge in [0.15, 0.2) is 5.96 Å². The van der Waals surface area contributed by atoms with Crippen LogP contribution in [0.3, 0.4) is 0 Å². The van der Waals surface area contributed by atoms with Gasteiger partial charge in [0.2, 0.25) is 10.0 Å². The minimum atomic E-state index is -3.66.